The number of Topliss-reactive ketones (excluding diaryl/α,β-unsaturated/α-hetero) is 1. The maximum atomic E-state index is 12.8. The van der Waals surface area contributed by atoms with E-state index < -0.39 is 0 Å². The van der Waals surface area contributed by atoms with Gasteiger partial charge in [-0.05, 0) is 41.8 Å². The summed E-state index contributed by atoms with van der Waals surface area (Å²) in [5.41, 5.74) is 1.97. The summed E-state index contributed by atoms with van der Waals surface area (Å²) in [5.74, 6) is 1.14. The zero-order valence-corrected chi connectivity index (χ0v) is 18.0. The van der Waals surface area contributed by atoms with Crippen LogP contribution in [0.25, 0.3) is 0 Å². The maximum absolute atomic E-state index is 12.8. The second-order valence-corrected chi connectivity index (χ2v) is 8.23. The number of carbonyl (C=O) groups is 1. The van der Waals surface area contributed by atoms with E-state index in [0.29, 0.717) is 42.8 Å². The summed E-state index contributed by atoms with van der Waals surface area (Å²) in [4.78, 5) is 19.2. The Hall–Kier alpha value is -2.90. The van der Waals surface area contributed by atoms with E-state index in [0.717, 1.165) is 16.9 Å². The lowest BCUT2D eigenvalue weighted by atomic mass is 9.91. The zero-order valence-electron chi connectivity index (χ0n) is 17.2. The van der Waals surface area contributed by atoms with Gasteiger partial charge in [-0.3, -0.25) is 4.79 Å². The molecule has 31 heavy (non-hydrogen) atoms. The monoisotopic (exact) mass is 441 g/mol. The predicted octanol–water partition coefficient (Wildman–Crippen LogP) is 3.44. The number of aliphatic hydroxyl groups excluding tert-OH is 1. The number of hydrogen-bond acceptors (Lipinski definition) is 7. The minimum Gasteiger partial charge on any atom is -0.497 e. The third-order valence-corrected chi connectivity index (χ3v) is 5.61. The lowest BCUT2D eigenvalue weighted by molar-refractivity contribution is -0.118. The van der Waals surface area contributed by atoms with Crippen molar-refractivity contribution in [1.29, 1.82) is 0 Å². The first-order valence-corrected chi connectivity index (χ1v) is 10.5. The van der Waals surface area contributed by atoms with E-state index in [9.17, 15) is 9.90 Å². The van der Waals surface area contributed by atoms with E-state index in [1.54, 1.807) is 19.2 Å². The van der Waals surface area contributed by atoms with Gasteiger partial charge in [0.05, 0.1) is 26.3 Å². The molecule has 0 saturated carbocycles. The highest BCUT2D eigenvalue weighted by molar-refractivity contribution is 6.30. The summed E-state index contributed by atoms with van der Waals surface area (Å²) in [6, 6.07) is 15.4. The number of nitrogens with zero attached hydrogens (tertiary/aromatic N) is 3. The number of carbonyl (C=O) groups excluding carboxylic acids is 1. The van der Waals surface area contributed by atoms with Crippen molar-refractivity contribution >= 4 is 23.4 Å². The molecule has 0 spiro atoms. The number of rotatable bonds is 9. The number of ketones is 1. The highest BCUT2D eigenvalue weighted by atomic mass is 35.5. The Morgan fingerprint density at radius 3 is 2.52 bits per heavy atom. The van der Waals surface area contributed by atoms with Crippen LogP contribution in [0.15, 0.2) is 53.1 Å². The van der Waals surface area contributed by atoms with Crippen molar-refractivity contribution in [3.63, 3.8) is 0 Å². The molecular formula is C23H24ClN3O4. The number of anilines is 1. The van der Waals surface area contributed by atoms with Crippen LogP contribution in [-0.4, -0.2) is 47.3 Å². The first-order valence-electron chi connectivity index (χ1n) is 10.2. The molecule has 1 aliphatic rings. The molecule has 1 saturated heterocycles. The molecule has 1 fully saturated rings. The van der Waals surface area contributed by atoms with Crippen LogP contribution in [0.2, 0.25) is 5.02 Å². The van der Waals surface area contributed by atoms with Gasteiger partial charge < -0.3 is 19.3 Å². The molecule has 0 aliphatic carbocycles. The van der Waals surface area contributed by atoms with E-state index >= 15 is 0 Å². The van der Waals surface area contributed by atoms with Gasteiger partial charge in [0.2, 0.25) is 0 Å². The number of aromatic nitrogens is 2. The molecule has 1 aliphatic heterocycles. The normalized spacial score (nSPS) is 14.9. The van der Waals surface area contributed by atoms with Gasteiger partial charge >= 0.3 is 6.01 Å². The van der Waals surface area contributed by atoms with Crippen LogP contribution in [0.5, 0.6) is 5.75 Å². The summed E-state index contributed by atoms with van der Waals surface area (Å²) in [6.07, 6.45) is 0.833. The van der Waals surface area contributed by atoms with Gasteiger partial charge in [0.25, 0.3) is 0 Å². The number of methoxy groups -OCH3 is 1. The average Bonchev–Trinajstić information content (AvgIpc) is 3.23. The summed E-state index contributed by atoms with van der Waals surface area (Å²) in [7, 11) is 1.63. The van der Waals surface area contributed by atoms with Gasteiger partial charge in [-0.2, -0.15) is 4.98 Å². The van der Waals surface area contributed by atoms with Crippen molar-refractivity contribution < 1.29 is 19.2 Å². The maximum Gasteiger partial charge on any atom is 0.324 e. The van der Waals surface area contributed by atoms with E-state index in [4.69, 9.17) is 20.9 Å². The average molecular weight is 442 g/mol. The van der Waals surface area contributed by atoms with Gasteiger partial charge in [-0.1, -0.05) is 41.0 Å². The standard InChI is InChI=1S/C23H24ClN3O4/c1-30-21-8-4-15(5-9-21)10-17(12-19(28)11-16-2-6-18(24)7-3-16)22-25-23(31-26-22)27-13-20(29)14-27/h2-9,17,20,29H,10-14H2,1H3/t17-/m1/s1. The highest BCUT2D eigenvalue weighted by Crippen LogP contribution is 2.27. The number of hydrogen-bond donors (Lipinski definition) is 1. The second-order valence-electron chi connectivity index (χ2n) is 7.79. The molecule has 1 atom stereocenters. The highest BCUT2D eigenvalue weighted by Gasteiger charge is 2.30. The fourth-order valence-electron chi connectivity index (χ4n) is 3.61. The van der Waals surface area contributed by atoms with Crippen molar-refractivity contribution in [2.75, 3.05) is 25.1 Å². The van der Waals surface area contributed by atoms with Crippen LogP contribution in [0, 0.1) is 0 Å². The molecule has 4 rings (SSSR count). The second kappa shape index (κ2) is 9.49. The Bertz CT molecular complexity index is 1010. The van der Waals surface area contributed by atoms with E-state index in [1.807, 2.05) is 41.3 Å². The topological polar surface area (TPSA) is 88.7 Å². The third kappa shape index (κ3) is 5.42. The first kappa shape index (κ1) is 21.3. The van der Waals surface area contributed by atoms with Crippen LogP contribution in [0.4, 0.5) is 6.01 Å². The minimum atomic E-state index is -0.369. The Morgan fingerprint density at radius 1 is 1.19 bits per heavy atom. The van der Waals surface area contributed by atoms with Crippen molar-refractivity contribution in [2.45, 2.75) is 31.3 Å². The Balaban J connectivity index is 1.49. The van der Waals surface area contributed by atoms with Crippen LogP contribution < -0.4 is 9.64 Å². The fourth-order valence-corrected chi connectivity index (χ4v) is 3.74. The van der Waals surface area contributed by atoms with Crippen molar-refractivity contribution in [3.8, 4) is 5.75 Å². The smallest absolute Gasteiger partial charge is 0.324 e. The number of benzene rings is 2. The van der Waals surface area contributed by atoms with E-state index in [2.05, 4.69) is 10.1 Å². The molecule has 2 heterocycles. The summed E-state index contributed by atoms with van der Waals surface area (Å²) < 4.78 is 10.6. The van der Waals surface area contributed by atoms with Gasteiger partial charge in [0, 0.05) is 23.8 Å². The number of ether oxygens (including phenoxy) is 1. The molecule has 162 valence electrons. The Morgan fingerprint density at radius 2 is 1.87 bits per heavy atom. The quantitative estimate of drug-likeness (QED) is 0.544. The van der Waals surface area contributed by atoms with Gasteiger partial charge in [0.15, 0.2) is 5.82 Å². The molecule has 7 nitrogen and oxygen atoms in total. The number of halogens is 1. The Kier molecular flexibility index (Phi) is 6.53. The third-order valence-electron chi connectivity index (χ3n) is 5.36. The number of aliphatic hydroxyl groups is 1. The summed E-state index contributed by atoms with van der Waals surface area (Å²) in [5, 5.41) is 14.3. The van der Waals surface area contributed by atoms with Gasteiger partial charge in [-0.15, -0.1) is 0 Å². The predicted molar refractivity (Wildman–Crippen MR) is 117 cm³/mol. The molecule has 3 aromatic rings. The lowest BCUT2D eigenvalue weighted by Crippen LogP contribution is -2.51. The first-order chi connectivity index (χ1) is 15.0. The van der Waals surface area contributed by atoms with E-state index in [-0.39, 0.29) is 24.2 Å². The number of β-amino-alcohol motifs (C(OH)–C–C–N with tert-alkyl or cyclic N) is 1. The summed E-state index contributed by atoms with van der Waals surface area (Å²) >= 11 is 5.94. The van der Waals surface area contributed by atoms with Gasteiger partial charge in [0.1, 0.15) is 11.5 Å². The molecule has 0 bridgehead atoms. The SMILES string of the molecule is COc1ccc(C[C@H](CC(=O)Cc2ccc(Cl)cc2)c2noc(N3CC(O)C3)n2)cc1. The fraction of sp³-hybridized carbons (Fsp3) is 0.348. The molecule has 0 unspecified atom stereocenters. The molecule has 1 N–H and O–H groups in total. The minimum absolute atomic E-state index is 0.0894. The largest absolute Gasteiger partial charge is 0.497 e. The van der Waals surface area contributed by atoms with Crippen LogP contribution in [-0.2, 0) is 17.6 Å². The molecule has 0 amide bonds. The zero-order chi connectivity index (χ0) is 21.8. The van der Waals surface area contributed by atoms with Crippen LogP contribution >= 0.6 is 11.6 Å². The summed E-state index contributed by atoms with van der Waals surface area (Å²) in [6.45, 7) is 0.945. The molecular weight excluding hydrogens is 418 g/mol. The van der Waals surface area contributed by atoms with Crippen molar-refractivity contribution in [3.05, 3.63) is 70.5 Å². The molecule has 8 heteroatoms. The van der Waals surface area contributed by atoms with Crippen LogP contribution in [0.1, 0.15) is 29.3 Å². The van der Waals surface area contributed by atoms with Crippen molar-refractivity contribution in [2.24, 2.45) is 0 Å². The molecule has 2 aromatic carbocycles. The molecule has 1 aromatic heterocycles. The van der Waals surface area contributed by atoms with Crippen molar-refractivity contribution in [1.82, 2.24) is 10.1 Å². The van der Waals surface area contributed by atoms with Crippen LogP contribution in [0.3, 0.4) is 0 Å². The molecule has 0 radical (unpaired) electrons. The Labute approximate surface area is 185 Å². The lowest BCUT2D eigenvalue weighted by Gasteiger charge is -2.33. The van der Waals surface area contributed by atoms with E-state index in [1.165, 1.54) is 0 Å². The van der Waals surface area contributed by atoms with Gasteiger partial charge in [-0.25, -0.2) is 0 Å².